The van der Waals surface area contributed by atoms with Crippen molar-refractivity contribution in [3.05, 3.63) is 100 Å². The second-order valence-corrected chi connectivity index (χ2v) is 6.40. The number of hydrogen-bond acceptors (Lipinski definition) is 5. The number of fused-ring (bicyclic) bond motifs is 1. The molecule has 140 valence electrons. The molecule has 0 spiro atoms. The Balaban J connectivity index is 1.58. The second-order valence-electron chi connectivity index (χ2n) is 6.40. The van der Waals surface area contributed by atoms with Crippen molar-refractivity contribution in [1.29, 1.82) is 0 Å². The Kier molecular flexibility index (Phi) is 4.97. The fourth-order valence-electron chi connectivity index (χ4n) is 3.11. The topological polar surface area (TPSA) is 83.1 Å². The fraction of sp³-hybridized carbons (Fsp3) is 0.143. The van der Waals surface area contributed by atoms with Crippen LogP contribution in [0, 0.1) is 10.1 Å². The molecule has 0 radical (unpaired) electrons. The van der Waals surface area contributed by atoms with Gasteiger partial charge in [0.1, 0.15) is 23.9 Å². The van der Waals surface area contributed by atoms with Crippen LogP contribution < -0.4 is 4.74 Å². The summed E-state index contributed by atoms with van der Waals surface area (Å²) >= 11 is 0. The van der Waals surface area contributed by atoms with Crippen LogP contribution in [-0.4, -0.2) is 26.5 Å². The van der Waals surface area contributed by atoms with E-state index in [1.807, 2.05) is 78.9 Å². The third-order valence-electron chi connectivity index (χ3n) is 4.51. The summed E-state index contributed by atoms with van der Waals surface area (Å²) in [6, 6.07) is 24.1. The number of hydrogen-bond donors (Lipinski definition) is 0. The van der Waals surface area contributed by atoms with Gasteiger partial charge in [-0.3, -0.25) is 10.1 Å². The highest BCUT2D eigenvalue weighted by Crippen LogP contribution is 2.25. The van der Waals surface area contributed by atoms with Gasteiger partial charge in [-0.25, -0.2) is 4.68 Å². The zero-order valence-electron chi connectivity index (χ0n) is 15.0. The van der Waals surface area contributed by atoms with Gasteiger partial charge in [-0.05, 0) is 35.4 Å². The number of rotatable bonds is 7. The summed E-state index contributed by atoms with van der Waals surface area (Å²) in [7, 11) is 0. The van der Waals surface area contributed by atoms with Gasteiger partial charge in [-0.1, -0.05) is 59.8 Å². The third-order valence-corrected chi connectivity index (χ3v) is 4.51. The van der Waals surface area contributed by atoms with Gasteiger partial charge < -0.3 is 4.74 Å². The van der Waals surface area contributed by atoms with E-state index >= 15 is 0 Å². The molecule has 4 rings (SSSR count). The monoisotopic (exact) mass is 374 g/mol. The zero-order chi connectivity index (χ0) is 19.3. The normalized spacial score (nSPS) is 12.0. The van der Waals surface area contributed by atoms with Crippen LogP contribution in [0.5, 0.6) is 5.75 Å². The average Bonchev–Trinajstić information content (AvgIpc) is 3.16. The molecule has 0 amide bonds. The van der Waals surface area contributed by atoms with Crippen LogP contribution in [0.1, 0.15) is 17.2 Å². The predicted octanol–water partition coefficient (Wildman–Crippen LogP) is 3.88. The van der Waals surface area contributed by atoms with E-state index in [1.54, 1.807) is 4.68 Å². The van der Waals surface area contributed by atoms with Crippen LogP contribution >= 0.6 is 0 Å². The minimum atomic E-state index is -0.550. The summed E-state index contributed by atoms with van der Waals surface area (Å²) in [6.45, 7) is 0.184. The Hall–Kier alpha value is -3.74. The molecule has 0 fully saturated rings. The lowest BCUT2D eigenvalue weighted by Gasteiger charge is -2.15. The summed E-state index contributed by atoms with van der Waals surface area (Å²) in [5.41, 5.74) is 3.32. The molecule has 0 saturated carbocycles. The van der Waals surface area contributed by atoms with Crippen molar-refractivity contribution in [3.63, 3.8) is 0 Å². The van der Waals surface area contributed by atoms with Crippen LogP contribution in [0.2, 0.25) is 0 Å². The van der Waals surface area contributed by atoms with Gasteiger partial charge in [0.05, 0.1) is 5.52 Å². The molecule has 0 unspecified atom stereocenters. The van der Waals surface area contributed by atoms with Crippen molar-refractivity contribution >= 4 is 11.0 Å². The molecule has 4 aromatic rings. The molecule has 3 aromatic carbocycles. The maximum atomic E-state index is 11.3. The first kappa shape index (κ1) is 17.7. The Labute approximate surface area is 161 Å². The lowest BCUT2D eigenvalue weighted by atomic mass is 10.1. The summed E-state index contributed by atoms with van der Waals surface area (Å²) < 4.78 is 7.41. The molecule has 0 N–H and O–H groups in total. The molecule has 0 aliphatic carbocycles. The van der Waals surface area contributed by atoms with Crippen LogP contribution in [-0.2, 0) is 6.61 Å². The van der Waals surface area contributed by atoms with E-state index < -0.39 is 6.04 Å². The molecule has 0 bridgehead atoms. The quantitative estimate of drug-likeness (QED) is 0.362. The largest absolute Gasteiger partial charge is 0.489 e. The van der Waals surface area contributed by atoms with E-state index in [1.165, 1.54) is 0 Å². The van der Waals surface area contributed by atoms with Gasteiger partial charge in [-0.15, -0.1) is 5.10 Å². The number of benzene rings is 3. The summed E-state index contributed by atoms with van der Waals surface area (Å²) in [5.74, 6) is 0.705. The molecule has 0 saturated heterocycles. The van der Waals surface area contributed by atoms with Crippen LogP contribution in [0.3, 0.4) is 0 Å². The lowest BCUT2D eigenvalue weighted by Crippen LogP contribution is -2.21. The molecule has 28 heavy (non-hydrogen) atoms. The van der Waals surface area contributed by atoms with Gasteiger partial charge in [0.25, 0.3) is 0 Å². The minimum Gasteiger partial charge on any atom is -0.489 e. The summed E-state index contributed by atoms with van der Waals surface area (Å²) in [6.07, 6.45) is 0. The van der Waals surface area contributed by atoms with Crippen molar-refractivity contribution in [1.82, 2.24) is 15.0 Å². The van der Waals surface area contributed by atoms with Crippen molar-refractivity contribution in [3.8, 4) is 5.75 Å². The number of para-hydroxylation sites is 1. The number of nitro groups is 1. The maximum absolute atomic E-state index is 11.3. The molecule has 7 nitrogen and oxygen atoms in total. The van der Waals surface area contributed by atoms with Crippen molar-refractivity contribution < 1.29 is 9.66 Å². The SMILES string of the molecule is O=[N+]([O-])C[C@@H](c1ccc(OCc2ccccc2)cc1)n1nnc2ccccc21. The Bertz CT molecular complexity index is 1080. The van der Waals surface area contributed by atoms with Crippen LogP contribution in [0.4, 0.5) is 0 Å². The smallest absolute Gasteiger partial charge is 0.230 e. The third kappa shape index (κ3) is 3.83. The van der Waals surface area contributed by atoms with Crippen LogP contribution in [0.15, 0.2) is 78.9 Å². The highest BCUT2D eigenvalue weighted by Gasteiger charge is 2.23. The predicted molar refractivity (Wildman–Crippen MR) is 105 cm³/mol. The van der Waals surface area contributed by atoms with Crippen molar-refractivity contribution in [2.75, 3.05) is 6.54 Å². The fourth-order valence-corrected chi connectivity index (χ4v) is 3.11. The molecular formula is C21H18N4O3. The van der Waals surface area contributed by atoms with E-state index in [2.05, 4.69) is 10.3 Å². The molecule has 1 heterocycles. The molecule has 1 aromatic heterocycles. The minimum absolute atomic E-state index is 0.280. The number of aromatic nitrogens is 3. The van der Waals surface area contributed by atoms with E-state index in [0.29, 0.717) is 17.9 Å². The second kappa shape index (κ2) is 7.87. The summed E-state index contributed by atoms with van der Waals surface area (Å²) in [4.78, 5) is 10.9. The van der Waals surface area contributed by atoms with Gasteiger partial charge in [0, 0.05) is 4.92 Å². The average molecular weight is 374 g/mol. The van der Waals surface area contributed by atoms with Crippen molar-refractivity contribution in [2.45, 2.75) is 12.6 Å². The zero-order valence-corrected chi connectivity index (χ0v) is 15.0. The molecule has 0 aliphatic heterocycles. The maximum Gasteiger partial charge on any atom is 0.230 e. The van der Waals surface area contributed by atoms with E-state index in [9.17, 15) is 10.1 Å². The molecule has 1 atom stereocenters. The Morgan fingerprint density at radius 3 is 2.43 bits per heavy atom. The molecule has 0 aliphatic rings. The number of ether oxygens (including phenoxy) is 1. The van der Waals surface area contributed by atoms with Gasteiger partial charge >= 0.3 is 0 Å². The highest BCUT2D eigenvalue weighted by molar-refractivity contribution is 5.74. The first-order valence-corrected chi connectivity index (χ1v) is 8.89. The summed E-state index contributed by atoms with van der Waals surface area (Å²) in [5, 5.41) is 19.5. The van der Waals surface area contributed by atoms with E-state index in [0.717, 1.165) is 16.6 Å². The standard InChI is InChI=1S/C21H18N4O3/c26-24(27)14-21(25-20-9-5-4-8-19(20)22-23-25)17-10-12-18(13-11-17)28-15-16-6-2-1-3-7-16/h1-13,21H,14-15H2/t21-/m0/s1. The van der Waals surface area contributed by atoms with E-state index in [-0.39, 0.29) is 11.5 Å². The Morgan fingerprint density at radius 1 is 0.964 bits per heavy atom. The van der Waals surface area contributed by atoms with Gasteiger partial charge in [0.15, 0.2) is 0 Å². The first-order chi connectivity index (χ1) is 13.7. The van der Waals surface area contributed by atoms with Crippen LogP contribution in [0.25, 0.3) is 11.0 Å². The lowest BCUT2D eigenvalue weighted by molar-refractivity contribution is -0.484. The molecular weight excluding hydrogens is 356 g/mol. The first-order valence-electron chi connectivity index (χ1n) is 8.89. The highest BCUT2D eigenvalue weighted by atomic mass is 16.6. The van der Waals surface area contributed by atoms with Gasteiger partial charge in [-0.2, -0.15) is 0 Å². The van der Waals surface area contributed by atoms with E-state index in [4.69, 9.17) is 4.74 Å². The van der Waals surface area contributed by atoms with Gasteiger partial charge in [0.2, 0.25) is 6.54 Å². The van der Waals surface area contributed by atoms with Crippen molar-refractivity contribution in [2.24, 2.45) is 0 Å². The number of nitrogens with zero attached hydrogens (tertiary/aromatic N) is 4. The Morgan fingerprint density at radius 2 is 1.68 bits per heavy atom. The molecule has 7 heteroatoms.